The lowest BCUT2D eigenvalue weighted by Crippen LogP contribution is -2.42. The Morgan fingerprint density at radius 3 is 2.36 bits per heavy atom. The second-order valence-electron chi connectivity index (χ2n) is 8.37. The Balaban J connectivity index is 1.23. The molecule has 2 amide bonds. The number of amides is 2. The maximum absolute atomic E-state index is 12.3. The molecule has 2 bridgehead atoms. The van der Waals surface area contributed by atoms with Gasteiger partial charge in [0, 0.05) is 54.8 Å². The van der Waals surface area contributed by atoms with Crippen LogP contribution in [0, 0.1) is 0 Å². The predicted molar refractivity (Wildman–Crippen MR) is 125 cm³/mol. The fourth-order valence-electron chi connectivity index (χ4n) is 4.54. The van der Waals surface area contributed by atoms with Crippen molar-refractivity contribution in [3.8, 4) is 11.3 Å². The van der Waals surface area contributed by atoms with E-state index < -0.39 is 0 Å². The predicted octanol–water partition coefficient (Wildman–Crippen LogP) is 3.80. The number of fused-ring (bicyclic) bond motifs is 3. The second-order valence-corrected chi connectivity index (χ2v) is 8.37. The Labute approximate surface area is 190 Å². The highest BCUT2D eigenvalue weighted by atomic mass is 16.5. The number of hydrogen-bond acceptors (Lipinski definition) is 6. The molecule has 2 atom stereocenters. The number of carbonyl (C=O) groups is 1. The molecule has 9 heteroatoms. The van der Waals surface area contributed by atoms with Crippen LogP contribution in [0.15, 0.2) is 67.3 Å². The van der Waals surface area contributed by atoms with Gasteiger partial charge in [0.1, 0.15) is 0 Å². The largest absolute Gasteiger partial charge is 0.371 e. The second kappa shape index (κ2) is 8.18. The molecule has 1 aromatic carbocycles. The highest BCUT2D eigenvalue weighted by Gasteiger charge is 2.34. The van der Waals surface area contributed by atoms with Gasteiger partial charge in [-0.1, -0.05) is 12.1 Å². The van der Waals surface area contributed by atoms with E-state index in [0.29, 0.717) is 23.6 Å². The van der Waals surface area contributed by atoms with E-state index in [-0.39, 0.29) is 6.03 Å². The summed E-state index contributed by atoms with van der Waals surface area (Å²) in [5.74, 6) is 0. The van der Waals surface area contributed by atoms with Crippen molar-refractivity contribution in [2.24, 2.45) is 0 Å². The average Bonchev–Trinajstić information content (AvgIpc) is 3.45. The van der Waals surface area contributed by atoms with Gasteiger partial charge in [-0.15, -0.1) is 0 Å². The highest BCUT2D eigenvalue weighted by Crippen LogP contribution is 2.33. The minimum atomic E-state index is -0.309. The number of carbonyl (C=O) groups excluding carboxylic acids is 1. The first-order chi connectivity index (χ1) is 16.2. The van der Waals surface area contributed by atoms with Gasteiger partial charge in [0.2, 0.25) is 0 Å². The molecule has 9 nitrogen and oxygen atoms in total. The zero-order valence-corrected chi connectivity index (χ0v) is 17.9. The molecule has 0 radical (unpaired) electrons. The molecule has 0 saturated carbocycles. The van der Waals surface area contributed by atoms with Crippen LogP contribution in [0.3, 0.4) is 0 Å². The molecule has 2 aliphatic rings. The number of nitrogens with one attached hydrogen (secondary N) is 2. The zero-order valence-electron chi connectivity index (χ0n) is 17.9. The maximum Gasteiger partial charge on any atom is 0.323 e. The lowest BCUT2D eigenvalue weighted by molar-refractivity contribution is 0.0305. The van der Waals surface area contributed by atoms with E-state index in [1.165, 1.54) is 0 Å². The summed E-state index contributed by atoms with van der Waals surface area (Å²) in [6.07, 6.45) is 9.73. The summed E-state index contributed by atoms with van der Waals surface area (Å²) in [4.78, 5) is 23.1. The lowest BCUT2D eigenvalue weighted by Gasteiger charge is -2.34. The third kappa shape index (κ3) is 3.98. The van der Waals surface area contributed by atoms with Crippen LogP contribution in [-0.4, -0.2) is 50.9 Å². The topological polar surface area (TPSA) is 96.7 Å². The summed E-state index contributed by atoms with van der Waals surface area (Å²) >= 11 is 0. The fourth-order valence-corrected chi connectivity index (χ4v) is 4.54. The van der Waals surface area contributed by atoms with Crippen molar-refractivity contribution in [2.45, 2.75) is 25.0 Å². The van der Waals surface area contributed by atoms with Gasteiger partial charge in [-0.2, -0.15) is 5.10 Å². The van der Waals surface area contributed by atoms with Crippen molar-refractivity contribution in [1.29, 1.82) is 0 Å². The molecule has 0 aliphatic carbocycles. The first-order valence-corrected chi connectivity index (χ1v) is 11.0. The summed E-state index contributed by atoms with van der Waals surface area (Å²) in [5.41, 5.74) is 5.11. The molecule has 33 heavy (non-hydrogen) atoms. The van der Waals surface area contributed by atoms with Crippen molar-refractivity contribution in [2.75, 3.05) is 28.6 Å². The van der Waals surface area contributed by atoms with Crippen molar-refractivity contribution in [3.63, 3.8) is 0 Å². The molecule has 5 heterocycles. The van der Waals surface area contributed by atoms with Crippen LogP contribution in [0.2, 0.25) is 0 Å². The number of hydrogen-bond donors (Lipinski definition) is 2. The Hall–Kier alpha value is -3.98. The van der Waals surface area contributed by atoms with Gasteiger partial charge in [-0.3, -0.25) is 4.98 Å². The molecular weight excluding hydrogens is 418 g/mol. The number of anilines is 3. The van der Waals surface area contributed by atoms with E-state index in [4.69, 9.17) is 9.84 Å². The number of ether oxygens (including phenoxy) is 1. The van der Waals surface area contributed by atoms with E-state index >= 15 is 0 Å². The van der Waals surface area contributed by atoms with Gasteiger partial charge < -0.3 is 20.3 Å². The summed E-state index contributed by atoms with van der Waals surface area (Å²) in [5, 5.41) is 10.4. The molecule has 6 rings (SSSR count). The summed E-state index contributed by atoms with van der Waals surface area (Å²) in [6, 6.07) is 12.9. The number of urea groups is 1. The van der Waals surface area contributed by atoms with Gasteiger partial charge in [-0.25, -0.2) is 14.3 Å². The van der Waals surface area contributed by atoms with Crippen LogP contribution in [0.4, 0.5) is 21.9 Å². The van der Waals surface area contributed by atoms with Crippen molar-refractivity contribution >= 4 is 28.7 Å². The van der Waals surface area contributed by atoms with Crippen LogP contribution in [0.1, 0.15) is 12.8 Å². The highest BCUT2D eigenvalue weighted by molar-refractivity contribution is 5.99. The van der Waals surface area contributed by atoms with E-state index in [0.717, 1.165) is 48.5 Å². The van der Waals surface area contributed by atoms with E-state index in [1.54, 1.807) is 30.7 Å². The monoisotopic (exact) mass is 441 g/mol. The molecule has 2 fully saturated rings. The number of imidazole rings is 1. The van der Waals surface area contributed by atoms with Crippen LogP contribution in [0.5, 0.6) is 0 Å². The molecule has 3 aromatic heterocycles. The number of benzene rings is 1. The lowest BCUT2D eigenvalue weighted by atomic mass is 10.1. The van der Waals surface area contributed by atoms with Crippen LogP contribution in [0.25, 0.3) is 16.9 Å². The zero-order chi connectivity index (χ0) is 22.2. The van der Waals surface area contributed by atoms with Gasteiger partial charge in [0.05, 0.1) is 23.6 Å². The van der Waals surface area contributed by atoms with Crippen molar-refractivity contribution < 1.29 is 9.53 Å². The van der Waals surface area contributed by atoms with Crippen LogP contribution in [-0.2, 0) is 4.74 Å². The molecule has 2 aliphatic heterocycles. The molecule has 166 valence electrons. The average molecular weight is 441 g/mol. The van der Waals surface area contributed by atoms with E-state index in [1.807, 2.05) is 35.0 Å². The smallest absolute Gasteiger partial charge is 0.323 e. The minimum absolute atomic E-state index is 0.291. The first kappa shape index (κ1) is 19.7. The summed E-state index contributed by atoms with van der Waals surface area (Å²) in [6.45, 7) is 1.75. The minimum Gasteiger partial charge on any atom is -0.371 e. The Morgan fingerprint density at radius 1 is 0.939 bits per heavy atom. The number of rotatable bonds is 4. The third-order valence-corrected chi connectivity index (χ3v) is 6.10. The molecule has 2 saturated heterocycles. The molecule has 2 N–H and O–H groups in total. The Kier molecular flexibility index (Phi) is 4.88. The quantitative estimate of drug-likeness (QED) is 0.500. The van der Waals surface area contributed by atoms with Gasteiger partial charge in [0.15, 0.2) is 5.65 Å². The maximum atomic E-state index is 12.3. The molecule has 4 aromatic rings. The fraction of sp³-hybridized carbons (Fsp3) is 0.250. The van der Waals surface area contributed by atoms with Crippen LogP contribution >= 0.6 is 0 Å². The standard InChI is InChI=1S/C24H23N7O2/c32-24(28-18-7-9-25-10-8-18)27-17-3-1-16(2-4-17)21-13-22(23-26-11-12-31(23)29-21)30-14-19-5-6-20(15-30)33-19/h1-4,7-13,19-20H,5-6,14-15H2,(H2,25,27,28,32). The van der Waals surface area contributed by atoms with E-state index in [9.17, 15) is 4.79 Å². The van der Waals surface area contributed by atoms with Crippen molar-refractivity contribution in [1.82, 2.24) is 19.6 Å². The molecule has 0 spiro atoms. The van der Waals surface area contributed by atoms with Gasteiger partial charge in [-0.05, 0) is 43.2 Å². The Bertz CT molecular complexity index is 1280. The summed E-state index contributed by atoms with van der Waals surface area (Å²) in [7, 11) is 0. The van der Waals surface area contributed by atoms with Crippen molar-refractivity contribution in [3.05, 3.63) is 67.3 Å². The number of morpholine rings is 1. The number of pyridine rings is 1. The van der Waals surface area contributed by atoms with Crippen LogP contribution < -0.4 is 15.5 Å². The summed E-state index contributed by atoms with van der Waals surface area (Å²) < 4.78 is 7.84. The van der Waals surface area contributed by atoms with Gasteiger partial charge >= 0.3 is 6.03 Å². The normalized spacial score (nSPS) is 19.6. The third-order valence-electron chi connectivity index (χ3n) is 6.10. The number of nitrogens with zero attached hydrogens (tertiary/aromatic N) is 5. The SMILES string of the molecule is O=C(Nc1ccncc1)Nc1ccc(-c2cc(N3CC4CCC(C3)O4)c3nccn3n2)cc1. The first-order valence-electron chi connectivity index (χ1n) is 11.0. The molecule has 2 unspecified atom stereocenters. The Morgan fingerprint density at radius 2 is 1.64 bits per heavy atom. The van der Waals surface area contributed by atoms with E-state index in [2.05, 4.69) is 31.6 Å². The molecular formula is C24H23N7O2. The van der Waals surface area contributed by atoms with Gasteiger partial charge in [0.25, 0.3) is 0 Å². The number of aromatic nitrogens is 4.